The summed E-state index contributed by atoms with van der Waals surface area (Å²) in [6, 6.07) is 18.3. The third kappa shape index (κ3) is 5.56. The van der Waals surface area contributed by atoms with E-state index < -0.39 is 6.04 Å². The summed E-state index contributed by atoms with van der Waals surface area (Å²) in [5.74, 6) is 0.496. The predicted octanol–water partition coefficient (Wildman–Crippen LogP) is 5.54. The van der Waals surface area contributed by atoms with Crippen LogP contribution < -0.4 is 19.7 Å². The number of carbonyl (C=O) groups is 2. The average Bonchev–Trinajstić information content (AvgIpc) is 3.08. The molecule has 0 radical (unpaired) electrons. The van der Waals surface area contributed by atoms with E-state index in [0.29, 0.717) is 32.9 Å². The highest BCUT2D eigenvalue weighted by molar-refractivity contribution is 7.80. The molecule has 1 heterocycles. The van der Waals surface area contributed by atoms with Crippen molar-refractivity contribution in [1.29, 1.82) is 0 Å². The minimum atomic E-state index is -0.819. The molecule has 4 rings (SSSR count). The first-order chi connectivity index (χ1) is 17.3. The zero-order chi connectivity index (χ0) is 25.8. The van der Waals surface area contributed by atoms with Crippen LogP contribution in [0.4, 0.5) is 11.4 Å². The number of amides is 2. The van der Waals surface area contributed by atoms with Crippen LogP contribution in [-0.2, 0) is 16.1 Å². The van der Waals surface area contributed by atoms with Crippen LogP contribution in [0.15, 0.2) is 66.7 Å². The Balaban J connectivity index is 1.63. The van der Waals surface area contributed by atoms with E-state index in [-0.39, 0.29) is 29.9 Å². The van der Waals surface area contributed by atoms with E-state index in [2.05, 4.69) is 5.32 Å². The van der Waals surface area contributed by atoms with Crippen molar-refractivity contribution in [2.45, 2.75) is 19.0 Å². The number of methoxy groups -OCH3 is 2. The van der Waals surface area contributed by atoms with E-state index >= 15 is 0 Å². The van der Waals surface area contributed by atoms with Crippen molar-refractivity contribution in [1.82, 2.24) is 4.90 Å². The van der Waals surface area contributed by atoms with Crippen LogP contribution in [0.1, 0.15) is 12.0 Å². The Kier molecular flexibility index (Phi) is 7.98. The molecule has 1 atom stereocenters. The number of ether oxygens (including phenoxy) is 2. The summed E-state index contributed by atoms with van der Waals surface area (Å²) in [6.45, 7) is 0.282. The highest BCUT2D eigenvalue weighted by Gasteiger charge is 2.44. The lowest BCUT2D eigenvalue weighted by Gasteiger charge is -2.24. The van der Waals surface area contributed by atoms with E-state index in [1.807, 2.05) is 12.1 Å². The van der Waals surface area contributed by atoms with E-state index in [0.717, 1.165) is 5.56 Å². The molecule has 3 aromatic carbocycles. The summed E-state index contributed by atoms with van der Waals surface area (Å²) in [4.78, 5) is 29.7. The van der Waals surface area contributed by atoms with E-state index in [1.165, 1.54) is 4.90 Å². The molecule has 2 amide bonds. The van der Waals surface area contributed by atoms with Gasteiger partial charge in [-0.05, 0) is 72.4 Å². The van der Waals surface area contributed by atoms with Gasteiger partial charge in [0.15, 0.2) is 16.6 Å². The molecule has 0 aromatic heterocycles. The molecule has 1 aliphatic rings. The molecule has 1 fully saturated rings. The fourth-order valence-corrected chi connectivity index (χ4v) is 4.67. The van der Waals surface area contributed by atoms with Gasteiger partial charge in [0.2, 0.25) is 5.91 Å². The second-order valence-electron chi connectivity index (χ2n) is 8.03. The molecule has 1 saturated heterocycles. The maximum atomic E-state index is 13.6. The largest absolute Gasteiger partial charge is 0.493 e. The Labute approximate surface area is 224 Å². The van der Waals surface area contributed by atoms with Crippen molar-refractivity contribution < 1.29 is 19.1 Å². The molecule has 0 saturated carbocycles. The quantitative estimate of drug-likeness (QED) is 0.376. The van der Waals surface area contributed by atoms with Crippen molar-refractivity contribution in [3.8, 4) is 11.5 Å². The number of benzene rings is 3. The summed E-state index contributed by atoms with van der Waals surface area (Å²) < 4.78 is 10.7. The first-order valence-corrected chi connectivity index (χ1v) is 12.1. The zero-order valence-electron chi connectivity index (χ0n) is 19.5. The maximum absolute atomic E-state index is 13.6. The summed E-state index contributed by atoms with van der Waals surface area (Å²) >= 11 is 17.8. The summed E-state index contributed by atoms with van der Waals surface area (Å²) in [6.07, 6.45) is -0.108. The molecule has 0 spiro atoms. The molecule has 3 aromatic rings. The van der Waals surface area contributed by atoms with Crippen LogP contribution in [-0.4, -0.2) is 42.1 Å². The van der Waals surface area contributed by atoms with E-state index in [9.17, 15) is 9.59 Å². The van der Waals surface area contributed by atoms with Gasteiger partial charge in [-0.1, -0.05) is 35.3 Å². The van der Waals surface area contributed by atoms with Crippen LogP contribution in [0, 0.1) is 0 Å². The van der Waals surface area contributed by atoms with Gasteiger partial charge in [-0.15, -0.1) is 0 Å². The first-order valence-electron chi connectivity index (χ1n) is 11.0. The van der Waals surface area contributed by atoms with Crippen molar-refractivity contribution in [3.05, 3.63) is 82.3 Å². The number of hydrogen-bond donors (Lipinski definition) is 1. The molecular formula is C26H23Cl2N3O4S. The van der Waals surface area contributed by atoms with Gasteiger partial charge < -0.3 is 19.7 Å². The van der Waals surface area contributed by atoms with Gasteiger partial charge in [0, 0.05) is 22.3 Å². The second kappa shape index (κ2) is 11.2. The predicted molar refractivity (Wildman–Crippen MR) is 145 cm³/mol. The summed E-state index contributed by atoms with van der Waals surface area (Å²) in [5.41, 5.74) is 1.95. The van der Waals surface area contributed by atoms with Crippen LogP contribution in [0.3, 0.4) is 0 Å². The number of nitrogens with zero attached hydrogens (tertiary/aromatic N) is 2. The number of anilines is 2. The topological polar surface area (TPSA) is 71.1 Å². The monoisotopic (exact) mass is 543 g/mol. The van der Waals surface area contributed by atoms with E-state index in [4.69, 9.17) is 44.9 Å². The van der Waals surface area contributed by atoms with Gasteiger partial charge in [0.05, 0.1) is 26.3 Å². The van der Waals surface area contributed by atoms with Crippen LogP contribution in [0.5, 0.6) is 11.5 Å². The van der Waals surface area contributed by atoms with Crippen LogP contribution in [0.2, 0.25) is 10.0 Å². The molecule has 0 unspecified atom stereocenters. The third-order valence-electron chi connectivity index (χ3n) is 5.69. The van der Waals surface area contributed by atoms with Gasteiger partial charge >= 0.3 is 0 Å². The normalized spacial score (nSPS) is 15.3. The minimum absolute atomic E-state index is 0.108. The fourth-order valence-electron chi connectivity index (χ4n) is 3.97. The summed E-state index contributed by atoms with van der Waals surface area (Å²) in [5, 5.41) is 4.13. The maximum Gasteiger partial charge on any atom is 0.256 e. The number of carbonyl (C=O) groups excluding carboxylic acids is 2. The molecular weight excluding hydrogens is 521 g/mol. The smallest absolute Gasteiger partial charge is 0.256 e. The van der Waals surface area contributed by atoms with Gasteiger partial charge in [0.25, 0.3) is 5.91 Å². The van der Waals surface area contributed by atoms with Gasteiger partial charge in [-0.3, -0.25) is 14.5 Å². The van der Waals surface area contributed by atoms with Gasteiger partial charge in [-0.25, -0.2) is 0 Å². The number of thiocarbonyl (C=S) groups is 1. The van der Waals surface area contributed by atoms with E-state index in [1.54, 1.807) is 73.7 Å². The Hall–Kier alpha value is -3.33. The molecule has 7 nitrogen and oxygen atoms in total. The molecule has 1 aliphatic heterocycles. The van der Waals surface area contributed by atoms with Gasteiger partial charge in [0.1, 0.15) is 6.04 Å². The van der Waals surface area contributed by atoms with Crippen molar-refractivity contribution in [3.63, 3.8) is 0 Å². The standard InChI is InChI=1S/C26H23Cl2N3O4S/c1-34-22-11-6-16(12-23(22)35-2)15-30-21(14-24(32)29-19-5-3-4-18(28)13-19)25(33)31(26(30)36)20-9-7-17(27)8-10-20/h3-13,21H,14-15H2,1-2H3,(H,29,32)/t21-/m1/s1. The zero-order valence-corrected chi connectivity index (χ0v) is 21.9. The Morgan fingerprint density at radius 3 is 2.36 bits per heavy atom. The number of nitrogens with one attached hydrogen (secondary N) is 1. The molecule has 1 N–H and O–H groups in total. The number of halogens is 2. The lowest BCUT2D eigenvalue weighted by molar-refractivity contribution is -0.124. The van der Waals surface area contributed by atoms with Crippen molar-refractivity contribution >= 4 is 63.7 Å². The van der Waals surface area contributed by atoms with Gasteiger partial charge in [-0.2, -0.15) is 0 Å². The minimum Gasteiger partial charge on any atom is -0.493 e. The molecule has 0 bridgehead atoms. The second-order valence-corrected chi connectivity index (χ2v) is 9.27. The highest BCUT2D eigenvalue weighted by atomic mass is 35.5. The Morgan fingerprint density at radius 2 is 1.69 bits per heavy atom. The lowest BCUT2D eigenvalue weighted by atomic mass is 10.1. The van der Waals surface area contributed by atoms with Crippen molar-refractivity contribution in [2.24, 2.45) is 0 Å². The molecule has 36 heavy (non-hydrogen) atoms. The average molecular weight is 544 g/mol. The molecule has 10 heteroatoms. The van der Waals surface area contributed by atoms with Crippen LogP contribution >= 0.6 is 35.4 Å². The summed E-state index contributed by atoms with van der Waals surface area (Å²) in [7, 11) is 3.11. The lowest BCUT2D eigenvalue weighted by Crippen LogP contribution is -2.37. The molecule has 0 aliphatic carbocycles. The fraction of sp³-hybridized carbons (Fsp3) is 0.192. The Bertz CT molecular complexity index is 1300. The Morgan fingerprint density at radius 1 is 0.972 bits per heavy atom. The number of hydrogen-bond acceptors (Lipinski definition) is 5. The van der Waals surface area contributed by atoms with Crippen LogP contribution in [0.25, 0.3) is 0 Å². The number of rotatable bonds is 8. The first kappa shape index (κ1) is 25.8. The molecule has 186 valence electrons. The third-order valence-corrected chi connectivity index (χ3v) is 6.60. The SMILES string of the molecule is COc1ccc(CN2C(=S)N(c3ccc(Cl)cc3)C(=O)[C@H]2CC(=O)Nc2cccc(Cl)c2)cc1OC. The highest BCUT2D eigenvalue weighted by Crippen LogP contribution is 2.32. The van der Waals surface area contributed by atoms with Crippen molar-refractivity contribution in [2.75, 3.05) is 24.4 Å².